The molecule has 8 nitrogen and oxygen atoms in total. The number of rotatable bonds is 6. The molecule has 0 saturated carbocycles. The normalized spacial score (nSPS) is 15.6. The van der Waals surface area contributed by atoms with Crippen LogP contribution in [0.5, 0.6) is 0 Å². The Kier molecular flexibility index (Phi) is 6.99. The largest absolute Gasteiger partial charge is 0.326 e. The Labute approximate surface area is 229 Å². The molecule has 8 heteroatoms. The zero-order chi connectivity index (χ0) is 26.8. The van der Waals surface area contributed by atoms with Gasteiger partial charge in [0.2, 0.25) is 5.91 Å². The molecule has 0 aromatic heterocycles. The highest BCUT2D eigenvalue weighted by Gasteiger charge is 2.32. The molecule has 0 radical (unpaired) electrons. The number of amides is 1. The second-order valence-electron chi connectivity index (χ2n) is 10.5. The first-order chi connectivity index (χ1) is 19.1. The molecule has 2 aliphatic heterocycles. The maximum Gasteiger partial charge on any atom is 0.221 e. The Bertz CT molecular complexity index is 1480. The second-order valence-corrected chi connectivity index (χ2v) is 10.5. The molecule has 0 unspecified atom stereocenters. The van der Waals surface area contributed by atoms with Gasteiger partial charge in [-0.3, -0.25) is 14.7 Å². The van der Waals surface area contributed by atoms with Crippen LogP contribution < -0.4 is 10.3 Å². The molecular weight excluding hydrogens is 486 g/mol. The number of nitrogens with one attached hydrogen (secondary N) is 1. The standard InChI is InChI=1S/C31H33N7O/c1-22(39)33-25-13-11-24(12-14-25)31-34-29-28(21-32)26-9-5-6-10-27(26)30(29)38(35-31)37-19-17-36(18-20-37)16-15-23-7-3-2-4-8-23/h2-4,7-8,11-14H,5-6,9-10,15-20H2,1H3,(H,33,39). The van der Waals surface area contributed by atoms with Crippen molar-refractivity contribution >= 4 is 11.6 Å². The van der Waals surface area contributed by atoms with Crippen LogP contribution in [-0.4, -0.2) is 58.4 Å². The summed E-state index contributed by atoms with van der Waals surface area (Å²) in [7, 11) is 0. The van der Waals surface area contributed by atoms with Gasteiger partial charge in [0.1, 0.15) is 17.5 Å². The number of anilines is 1. The van der Waals surface area contributed by atoms with Crippen molar-refractivity contribution in [2.24, 2.45) is 0 Å². The van der Waals surface area contributed by atoms with Gasteiger partial charge in [0, 0.05) is 50.9 Å². The minimum atomic E-state index is -0.109. The summed E-state index contributed by atoms with van der Waals surface area (Å²) in [5, 5.41) is 20.4. The smallest absolute Gasteiger partial charge is 0.221 e. The van der Waals surface area contributed by atoms with E-state index in [9.17, 15) is 10.1 Å². The molecule has 1 fully saturated rings. The SMILES string of the molecule is CC(=O)Nc1ccc(-c2nc3c(C#N)c4c(c-3n(N3CCN(CCc5ccccc5)CC3)n2)CCCC4)cc1. The maximum atomic E-state index is 11.5. The lowest BCUT2D eigenvalue weighted by atomic mass is 9.94. The van der Waals surface area contributed by atoms with Crippen LogP contribution in [0.15, 0.2) is 54.6 Å². The zero-order valence-electron chi connectivity index (χ0n) is 22.4. The summed E-state index contributed by atoms with van der Waals surface area (Å²) in [5.74, 6) is 0.476. The number of fused-ring (bicyclic) bond motifs is 3. The van der Waals surface area contributed by atoms with Gasteiger partial charge < -0.3 is 5.32 Å². The summed E-state index contributed by atoms with van der Waals surface area (Å²) in [6.45, 7) is 6.16. The first kappa shape index (κ1) is 25.1. The van der Waals surface area contributed by atoms with E-state index in [1.54, 1.807) is 0 Å². The Hall–Kier alpha value is -4.22. The third-order valence-electron chi connectivity index (χ3n) is 7.88. The summed E-state index contributed by atoms with van der Waals surface area (Å²) >= 11 is 0. The Morgan fingerprint density at radius 3 is 2.38 bits per heavy atom. The van der Waals surface area contributed by atoms with Gasteiger partial charge in [0.15, 0.2) is 5.82 Å². The molecule has 2 aromatic carbocycles. The molecule has 0 spiro atoms. The van der Waals surface area contributed by atoms with Gasteiger partial charge in [-0.2, -0.15) is 10.1 Å². The highest BCUT2D eigenvalue weighted by molar-refractivity contribution is 5.89. The van der Waals surface area contributed by atoms with Gasteiger partial charge in [0.05, 0.1) is 5.56 Å². The van der Waals surface area contributed by atoms with E-state index >= 15 is 0 Å². The summed E-state index contributed by atoms with van der Waals surface area (Å²) < 4.78 is 0. The van der Waals surface area contributed by atoms with Crippen LogP contribution in [-0.2, 0) is 24.1 Å². The van der Waals surface area contributed by atoms with Gasteiger partial charge in [-0.25, -0.2) is 4.98 Å². The number of aromatic nitrogens is 3. The van der Waals surface area contributed by atoms with Gasteiger partial charge >= 0.3 is 0 Å². The van der Waals surface area contributed by atoms with E-state index in [4.69, 9.17) is 10.1 Å². The molecule has 1 N–H and O–H groups in total. The number of hydrogen-bond donors (Lipinski definition) is 1. The molecule has 0 atom stereocenters. The van der Waals surface area contributed by atoms with Crippen LogP contribution in [0.3, 0.4) is 0 Å². The van der Waals surface area contributed by atoms with Crippen molar-refractivity contribution in [3.05, 3.63) is 76.9 Å². The first-order valence-electron chi connectivity index (χ1n) is 13.8. The average molecular weight is 520 g/mol. The van der Waals surface area contributed by atoms with Crippen molar-refractivity contribution in [2.75, 3.05) is 43.0 Å². The van der Waals surface area contributed by atoms with Crippen molar-refractivity contribution in [1.82, 2.24) is 19.8 Å². The lowest BCUT2D eigenvalue weighted by molar-refractivity contribution is -0.114. The lowest BCUT2D eigenvalue weighted by Gasteiger charge is -2.37. The predicted octanol–water partition coefficient (Wildman–Crippen LogP) is 4.26. The zero-order valence-corrected chi connectivity index (χ0v) is 22.4. The topological polar surface area (TPSA) is 90.1 Å². The van der Waals surface area contributed by atoms with Crippen molar-refractivity contribution in [3.8, 4) is 28.8 Å². The van der Waals surface area contributed by atoms with Crippen LogP contribution in [0, 0.1) is 11.3 Å². The average Bonchev–Trinajstić information content (AvgIpc) is 3.30. The van der Waals surface area contributed by atoms with E-state index < -0.39 is 0 Å². The second kappa shape index (κ2) is 10.9. The van der Waals surface area contributed by atoms with Gasteiger partial charge in [-0.15, -0.1) is 5.10 Å². The molecule has 2 aliphatic carbocycles. The highest BCUT2D eigenvalue weighted by Crippen LogP contribution is 2.40. The van der Waals surface area contributed by atoms with Crippen LogP contribution >= 0.6 is 0 Å². The number of nitriles is 1. The molecule has 0 bridgehead atoms. The number of nitrogens with zero attached hydrogens (tertiary/aromatic N) is 6. The Balaban J connectivity index is 1.32. The maximum absolute atomic E-state index is 11.5. The number of benzene rings is 2. The lowest BCUT2D eigenvalue weighted by Crippen LogP contribution is -2.52. The van der Waals surface area contributed by atoms with E-state index in [0.717, 1.165) is 93.0 Å². The fourth-order valence-corrected chi connectivity index (χ4v) is 5.87. The van der Waals surface area contributed by atoms with Gasteiger partial charge in [0.25, 0.3) is 0 Å². The summed E-state index contributed by atoms with van der Waals surface area (Å²) in [6.07, 6.45) is 5.15. The number of piperazine rings is 1. The van der Waals surface area contributed by atoms with E-state index in [0.29, 0.717) is 11.4 Å². The third-order valence-corrected chi connectivity index (χ3v) is 7.88. The summed E-state index contributed by atoms with van der Waals surface area (Å²) in [6, 6.07) is 20.7. The monoisotopic (exact) mass is 519 g/mol. The molecular formula is C31H33N7O. The molecule has 1 saturated heterocycles. The summed E-state index contributed by atoms with van der Waals surface area (Å²) in [5.41, 5.74) is 7.80. The van der Waals surface area contributed by atoms with Crippen molar-refractivity contribution in [3.63, 3.8) is 0 Å². The van der Waals surface area contributed by atoms with E-state index in [1.807, 2.05) is 24.3 Å². The molecule has 1 amide bonds. The Morgan fingerprint density at radius 2 is 1.69 bits per heavy atom. The van der Waals surface area contributed by atoms with Crippen LogP contribution in [0.25, 0.3) is 22.8 Å². The number of carbonyl (C=O) groups is 1. The predicted molar refractivity (Wildman–Crippen MR) is 152 cm³/mol. The minimum absolute atomic E-state index is 0.109. The van der Waals surface area contributed by atoms with Gasteiger partial charge in [-0.05, 0) is 73.1 Å². The number of carbonyl (C=O) groups excluding carboxylic acids is 1. The molecule has 2 heterocycles. The number of hydrogen-bond acceptors (Lipinski definition) is 6. The summed E-state index contributed by atoms with van der Waals surface area (Å²) in [4.78, 5) is 21.0. The fourth-order valence-electron chi connectivity index (χ4n) is 5.87. The molecule has 198 valence electrons. The quantitative estimate of drug-likeness (QED) is 0.410. The van der Waals surface area contributed by atoms with Crippen LogP contribution in [0.1, 0.15) is 42.0 Å². The van der Waals surface area contributed by atoms with Crippen molar-refractivity contribution in [1.29, 1.82) is 5.26 Å². The molecule has 2 aromatic rings. The van der Waals surface area contributed by atoms with Crippen molar-refractivity contribution < 1.29 is 4.79 Å². The molecule has 6 rings (SSSR count). The highest BCUT2D eigenvalue weighted by atomic mass is 16.1. The molecule has 39 heavy (non-hydrogen) atoms. The fraction of sp³-hybridized carbons (Fsp3) is 0.355. The van der Waals surface area contributed by atoms with Crippen LogP contribution in [0.2, 0.25) is 0 Å². The van der Waals surface area contributed by atoms with Crippen molar-refractivity contribution in [2.45, 2.75) is 39.0 Å². The Morgan fingerprint density at radius 1 is 0.974 bits per heavy atom. The van der Waals surface area contributed by atoms with E-state index in [-0.39, 0.29) is 5.91 Å². The van der Waals surface area contributed by atoms with Crippen LogP contribution in [0.4, 0.5) is 5.69 Å². The first-order valence-corrected chi connectivity index (χ1v) is 13.8. The van der Waals surface area contributed by atoms with E-state index in [2.05, 4.69) is 56.4 Å². The van der Waals surface area contributed by atoms with Gasteiger partial charge in [-0.1, -0.05) is 30.3 Å². The van der Waals surface area contributed by atoms with E-state index in [1.165, 1.54) is 18.1 Å². The third kappa shape index (κ3) is 5.10. The minimum Gasteiger partial charge on any atom is -0.326 e. The molecule has 4 aliphatic rings.